The SMILES string of the molecule is CC(C)OC(=O)C(CCC(N)=O)NP(=O)(Oc1ccccc1)Oc1ccccc1. The number of nitrogens with one attached hydrogen (secondary N) is 1. The van der Waals surface area contributed by atoms with Gasteiger partial charge in [-0.25, -0.2) is 4.57 Å². The van der Waals surface area contributed by atoms with Gasteiger partial charge in [0.05, 0.1) is 6.10 Å². The molecule has 9 heteroatoms. The average Bonchev–Trinajstić information content (AvgIpc) is 2.66. The van der Waals surface area contributed by atoms with Crippen LogP contribution in [-0.4, -0.2) is 24.0 Å². The Kier molecular flexibility index (Phi) is 8.24. The summed E-state index contributed by atoms with van der Waals surface area (Å²) in [7, 11) is -4.08. The van der Waals surface area contributed by atoms with Crippen LogP contribution in [-0.2, 0) is 18.9 Å². The standard InChI is InChI=1S/C20H25N2O6P/c1-15(2)26-20(24)18(13-14-19(21)23)22-29(25,27-16-9-5-3-6-10-16)28-17-11-7-4-8-12-17/h3-12,15,18H,13-14H2,1-2H3,(H2,21,23)(H,22,25). The number of esters is 1. The third-order valence-corrected chi connectivity index (χ3v) is 5.10. The summed E-state index contributed by atoms with van der Waals surface area (Å²) in [5, 5.41) is 2.62. The van der Waals surface area contributed by atoms with Crippen molar-refractivity contribution in [3.63, 3.8) is 0 Å². The van der Waals surface area contributed by atoms with Gasteiger partial charge in [0, 0.05) is 6.42 Å². The molecular weight excluding hydrogens is 395 g/mol. The summed E-state index contributed by atoms with van der Waals surface area (Å²) in [6.07, 6.45) is -0.534. The fraction of sp³-hybridized carbons (Fsp3) is 0.300. The Morgan fingerprint density at radius 3 is 1.86 bits per heavy atom. The van der Waals surface area contributed by atoms with Gasteiger partial charge in [0.15, 0.2) is 0 Å². The predicted molar refractivity (Wildman–Crippen MR) is 108 cm³/mol. The van der Waals surface area contributed by atoms with Gasteiger partial charge in [-0.05, 0) is 44.5 Å². The lowest BCUT2D eigenvalue weighted by atomic mass is 10.1. The normalized spacial score (nSPS) is 12.2. The fourth-order valence-corrected chi connectivity index (χ4v) is 3.90. The second kappa shape index (κ2) is 10.6. The summed E-state index contributed by atoms with van der Waals surface area (Å²) in [6.45, 7) is 3.37. The fourth-order valence-electron chi connectivity index (χ4n) is 2.34. The van der Waals surface area contributed by atoms with Crippen molar-refractivity contribution in [3.05, 3.63) is 60.7 Å². The number of rotatable bonds is 11. The van der Waals surface area contributed by atoms with Crippen molar-refractivity contribution in [1.29, 1.82) is 0 Å². The lowest BCUT2D eigenvalue weighted by Crippen LogP contribution is -2.40. The minimum Gasteiger partial charge on any atom is -0.462 e. The highest BCUT2D eigenvalue weighted by molar-refractivity contribution is 7.52. The van der Waals surface area contributed by atoms with Gasteiger partial charge in [0.1, 0.15) is 17.5 Å². The molecule has 0 aliphatic rings. The van der Waals surface area contributed by atoms with Gasteiger partial charge < -0.3 is 19.5 Å². The second-order valence-electron chi connectivity index (χ2n) is 6.48. The number of carbonyl (C=O) groups is 2. The van der Waals surface area contributed by atoms with E-state index in [1.54, 1.807) is 74.5 Å². The van der Waals surface area contributed by atoms with E-state index in [0.29, 0.717) is 0 Å². The minimum absolute atomic E-state index is 0.0266. The molecule has 0 fully saturated rings. The molecule has 0 radical (unpaired) electrons. The van der Waals surface area contributed by atoms with Gasteiger partial charge in [-0.3, -0.25) is 9.59 Å². The lowest BCUT2D eigenvalue weighted by molar-refractivity contribution is -0.149. The maximum absolute atomic E-state index is 13.5. The number of carbonyl (C=O) groups excluding carboxylic acids is 2. The molecule has 0 saturated heterocycles. The quantitative estimate of drug-likeness (QED) is 0.422. The van der Waals surface area contributed by atoms with Crippen molar-refractivity contribution in [2.24, 2.45) is 5.73 Å². The molecule has 0 heterocycles. The maximum Gasteiger partial charge on any atom is 0.513 e. The highest BCUT2D eigenvalue weighted by Crippen LogP contribution is 2.45. The van der Waals surface area contributed by atoms with Crippen LogP contribution < -0.4 is 19.9 Å². The molecule has 0 spiro atoms. The van der Waals surface area contributed by atoms with Crippen LogP contribution in [0.4, 0.5) is 0 Å². The van der Waals surface area contributed by atoms with Crippen LogP contribution >= 0.6 is 7.75 Å². The lowest BCUT2D eigenvalue weighted by Gasteiger charge is -2.25. The molecule has 1 atom stereocenters. The van der Waals surface area contributed by atoms with Crippen molar-refractivity contribution in [3.8, 4) is 11.5 Å². The highest BCUT2D eigenvalue weighted by atomic mass is 31.2. The third kappa shape index (κ3) is 7.97. The number of amides is 1. The van der Waals surface area contributed by atoms with E-state index in [1.807, 2.05) is 0 Å². The first kappa shape index (κ1) is 22.5. The zero-order valence-corrected chi connectivity index (χ0v) is 17.2. The van der Waals surface area contributed by atoms with Crippen LogP contribution in [0.5, 0.6) is 11.5 Å². The molecule has 3 N–H and O–H groups in total. The van der Waals surface area contributed by atoms with Crippen molar-refractivity contribution in [1.82, 2.24) is 5.09 Å². The first-order valence-corrected chi connectivity index (χ1v) is 10.7. The summed E-state index contributed by atoms with van der Waals surface area (Å²) in [5.74, 6) is -0.720. The van der Waals surface area contributed by atoms with Gasteiger partial charge in [-0.1, -0.05) is 36.4 Å². The van der Waals surface area contributed by atoms with Crippen LogP contribution in [0.2, 0.25) is 0 Å². The number of para-hydroxylation sites is 2. The smallest absolute Gasteiger partial charge is 0.462 e. The summed E-state index contributed by atoms with van der Waals surface area (Å²) >= 11 is 0. The Balaban J connectivity index is 2.29. The van der Waals surface area contributed by atoms with E-state index < -0.39 is 31.8 Å². The topological polar surface area (TPSA) is 117 Å². The summed E-state index contributed by atoms with van der Waals surface area (Å²) in [5.41, 5.74) is 5.20. The van der Waals surface area contributed by atoms with E-state index in [-0.39, 0.29) is 24.3 Å². The van der Waals surface area contributed by atoms with Gasteiger partial charge in [0.25, 0.3) is 0 Å². The number of benzene rings is 2. The Bertz CT molecular complexity index is 799. The van der Waals surface area contributed by atoms with E-state index in [4.69, 9.17) is 19.5 Å². The van der Waals surface area contributed by atoms with E-state index in [0.717, 1.165) is 0 Å². The summed E-state index contributed by atoms with van der Waals surface area (Å²) in [6, 6.07) is 15.7. The van der Waals surface area contributed by atoms with Gasteiger partial charge >= 0.3 is 13.7 Å². The Morgan fingerprint density at radius 2 is 1.45 bits per heavy atom. The Labute approximate surface area is 169 Å². The van der Waals surface area contributed by atoms with E-state index in [1.165, 1.54) is 0 Å². The number of ether oxygens (including phenoxy) is 1. The molecular formula is C20H25N2O6P. The van der Waals surface area contributed by atoms with Crippen molar-refractivity contribution < 1.29 is 27.9 Å². The van der Waals surface area contributed by atoms with Crippen molar-refractivity contribution in [2.45, 2.75) is 38.8 Å². The number of hydrogen-bond donors (Lipinski definition) is 2. The molecule has 0 saturated carbocycles. The molecule has 0 bridgehead atoms. The average molecular weight is 420 g/mol. The molecule has 1 amide bonds. The molecule has 8 nitrogen and oxygen atoms in total. The molecule has 0 aliphatic heterocycles. The van der Waals surface area contributed by atoms with E-state index in [9.17, 15) is 14.2 Å². The van der Waals surface area contributed by atoms with E-state index >= 15 is 0 Å². The third-order valence-electron chi connectivity index (χ3n) is 3.57. The Hall–Kier alpha value is -2.83. The zero-order valence-electron chi connectivity index (χ0n) is 16.3. The van der Waals surface area contributed by atoms with Crippen molar-refractivity contribution >= 4 is 19.6 Å². The van der Waals surface area contributed by atoms with Crippen LogP contribution in [0, 0.1) is 0 Å². The molecule has 2 aromatic rings. The molecule has 0 aromatic heterocycles. The van der Waals surface area contributed by atoms with Gasteiger partial charge in [-0.2, -0.15) is 5.09 Å². The number of nitrogens with two attached hydrogens (primary N) is 1. The number of hydrogen-bond acceptors (Lipinski definition) is 6. The molecule has 2 aromatic carbocycles. The molecule has 156 valence electrons. The zero-order chi connectivity index (χ0) is 21.3. The van der Waals surface area contributed by atoms with E-state index in [2.05, 4.69) is 5.09 Å². The first-order chi connectivity index (χ1) is 13.8. The number of primary amides is 1. The largest absolute Gasteiger partial charge is 0.513 e. The van der Waals surface area contributed by atoms with Crippen LogP contribution in [0.15, 0.2) is 60.7 Å². The molecule has 29 heavy (non-hydrogen) atoms. The first-order valence-electron chi connectivity index (χ1n) is 9.13. The second-order valence-corrected chi connectivity index (χ2v) is 8.10. The maximum atomic E-state index is 13.5. The van der Waals surface area contributed by atoms with Crippen molar-refractivity contribution in [2.75, 3.05) is 0 Å². The van der Waals surface area contributed by atoms with Crippen LogP contribution in [0.25, 0.3) is 0 Å². The summed E-state index contributed by atoms with van der Waals surface area (Å²) < 4.78 is 29.9. The monoisotopic (exact) mass is 420 g/mol. The predicted octanol–water partition coefficient (Wildman–Crippen LogP) is 3.43. The van der Waals surface area contributed by atoms with Crippen LogP contribution in [0.1, 0.15) is 26.7 Å². The molecule has 0 aliphatic carbocycles. The molecule has 2 rings (SSSR count). The highest BCUT2D eigenvalue weighted by Gasteiger charge is 2.36. The van der Waals surface area contributed by atoms with Crippen LogP contribution in [0.3, 0.4) is 0 Å². The minimum atomic E-state index is -4.08. The molecule has 1 unspecified atom stereocenters. The van der Waals surface area contributed by atoms with Gasteiger partial charge in [0.2, 0.25) is 5.91 Å². The Morgan fingerprint density at radius 1 is 0.966 bits per heavy atom. The van der Waals surface area contributed by atoms with Gasteiger partial charge in [-0.15, -0.1) is 0 Å². The summed E-state index contributed by atoms with van der Waals surface area (Å²) in [4.78, 5) is 23.7.